The van der Waals surface area contributed by atoms with Crippen molar-refractivity contribution < 1.29 is 4.74 Å². The number of aromatic nitrogens is 3. The lowest BCUT2D eigenvalue weighted by Gasteiger charge is -2.35. The molecule has 1 aromatic carbocycles. The SMILES string of the molecule is C=CCN1[C@H]2CC[C@@H]1c1cnc3cc(-c4ccc(OC)cc4)nn3c1C2. The van der Waals surface area contributed by atoms with Crippen LogP contribution in [0.5, 0.6) is 5.75 Å². The highest BCUT2D eigenvalue weighted by molar-refractivity contribution is 5.65. The van der Waals surface area contributed by atoms with Crippen molar-refractivity contribution in [2.75, 3.05) is 13.7 Å². The zero-order chi connectivity index (χ0) is 17.7. The number of hydrogen-bond donors (Lipinski definition) is 0. The van der Waals surface area contributed by atoms with Gasteiger partial charge in [-0.25, -0.2) is 9.50 Å². The van der Waals surface area contributed by atoms with Gasteiger partial charge in [0.05, 0.1) is 18.5 Å². The second-order valence-corrected chi connectivity index (χ2v) is 7.12. The Bertz CT molecular complexity index is 976. The highest BCUT2D eigenvalue weighted by atomic mass is 16.5. The number of ether oxygens (including phenoxy) is 1. The van der Waals surface area contributed by atoms with E-state index in [1.807, 2.05) is 30.3 Å². The van der Waals surface area contributed by atoms with Crippen LogP contribution in [0, 0.1) is 0 Å². The van der Waals surface area contributed by atoms with E-state index in [1.54, 1.807) is 7.11 Å². The van der Waals surface area contributed by atoms with Gasteiger partial charge in [-0.15, -0.1) is 6.58 Å². The molecule has 5 nitrogen and oxygen atoms in total. The molecule has 0 saturated carbocycles. The van der Waals surface area contributed by atoms with Gasteiger partial charge in [0, 0.05) is 48.4 Å². The Morgan fingerprint density at radius 2 is 2.12 bits per heavy atom. The summed E-state index contributed by atoms with van der Waals surface area (Å²) < 4.78 is 7.31. The minimum atomic E-state index is 0.451. The molecule has 5 heteroatoms. The molecule has 0 amide bonds. The molecule has 26 heavy (non-hydrogen) atoms. The van der Waals surface area contributed by atoms with Crippen LogP contribution < -0.4 is 4.74 Å². The fourth-order valence-corrected chi connectivity index (χ4v) is 4.52. The van der Waals surface area contributed by atoms with Crippen molar-refractivity contribution in [2.24, 2.45) is 0 Å². The number of benzene rings is 1. The fourth-order valence-electron chi connectivity index (χ4n) is 4.52. The lowest BCUT2D eigenvalue weighted by molar-refractivity contribution is 0.195. The average molecular weight is 346 g/mol. The monoisotopic (exact) mass is 346 g/mol. The molecule has 5 rings (SSSR count). The van der Waals surface area contributed by atoms with E-state index < -0.39 is 0 Å². The molecule has 1 saturated heterocycles. The normalized spacial score (nSPS) is 21.7. The van der Waals surface area contributed by atoms with Crippen LogP contribution in [0.2, 0.25) is 0 Å². The average Bonchev–Trinajstić information content (AvgIpc) is 3.23. The molecule has 2 atom stereocenters. The van der Waals surface area contributed by atoms with Gasteiger partial charge < -0.3 is 4.74 Å². The van der Waals surface area contributed by atoms with Gasteiger partial charge in [-0.2, -0.15) is 5.10 Å². The van der Waals surface area contributed by atoms with Gasteiger partial charge in [0.15, 0.2) is 5.65 Å². The smallest absolute Gasteiger partial charge is 0.155 e. The maximum atomic E-state index is 5.25. The molecule has 2 aliphatic rings. The van der Waals surface area contributed by atoms with Crippen molar-refractivity contribution in [3.05, 3.63) is 60.4 Å². The molecule has 132 valence electrons. The summed E-state index contributed by atoms with van der Waals surface area (Å²) in [7, 11) is 1.68. The zero-order valence-electron chi connectivity index (χ0n) is 14.9. The van der Waals surface area contributed by atoms with Crippen LogP contribution in [0.4, 0.5) is 0 Å². The molecule has 2 aliphatic heterocycles. The Balaban J connectivity index is 1.58. The van der Waals surface area contributed by atoms with Crippen molar-refractivity contribution in [3.8, 4) is 17.0 Å². The van der Waals surface area contributed by atoms with Crippen LogP contribution in [0.25, 0.3) is 16.9 Å². The van der Waals surface area contributed by atoms with E-state index in [9.17, 15) is 0 Å². The standard InChI is InChI=1S/C21H22N4O/c1-3-10-24-15-6-9-19(24)17-13-22-21-12-18(23-25(21)20(17)11-15)14-4-7-16(26-2)8-5-14/h3-5,7-8,12-13,15,19H,1,6,9-11H2,2H3/t15-,19+/m0/s1. The van der Waals surface area contributed by atoms with E-state index in [0.717, 1.165) is 35.6 Å². The van der Waals surface area contributed by atoms with Gasteiger partial charge in [-0.3, -0.25) is 4.90 Å². The molecule has 3 aromatic rings. The van der Waals surface area contributed by atoms with Gasteiger partial charge in [-0.05, 0) is 37.1 Å². The summed E-state index contributed by atoms with van der Waals surface area (Å²) in [4.78, 5) is 7.28. The summed E-state index contributed by atoms with van der Waals surface area (Å²) >= 11 is 0. The first kappa shape index (κ1) is 15.6. The second kappa shape index (κ2) is 5.95. The van der Waals surface area contributed by atoms with E-state index in [-0.39, 0.29) is 0 Å². The van der Waals surface area contributed by atoms with Crippen molar-refractivity contribution in [1.29, 1.82) is 0 Å². The third-order valence-corrected chi connectivity index (χ3v) is 5.77. The summed E-state index contributed by atoms with van der Waals surface area (Å²) in [6.45, 7) is 4.87. The summed E-state index contributed by atoms with van der Waals surface area (Å²) in [6.07, 6.45) is 7.54. The van der Waals surface area contributed by atoms with Crippen molar-refractivity contribution in [2.45, 2.75) is 31.3 Å². The number of methoxy groups -OCH3 is 1. The molecule has 2 bridgehead atoms. The van der Waals surface area contributed by atoms with Crippen LogP contribution in [0.3, 0.4) is 0 Å². The Kier molecular flexibility index (Phi) is 3.57. The Morgan fingerprint density at radius 1 is 1.27 bits per heavy atom. The number of hydrogen-bond acceptors (Lipinski definition) is 4. The van der Waals surface area contributed by atoms with Crippen LogP contribution in [0.15, 0.2) is 49.2 Å². The highest BCUT2D eigenvalue weighted by Crippen LogP contribution is 2.43. The number of fused-ring (bicyclic) bond motifs is 6. The Hall–Kier alpha value is -2.66. The lowest BCUT2D eigenvalue weighted by atomic mass is 9.99. The molecule has 2 aromatic heterocycles. The Morgan fingerprint density at radius 3 is 2.88 bits per heavy atom. The third kappa shape index (κ3) is 2.27. The summed E-state index contributed by atoms with van der Waals surface area (Å²) in [5.74, 6) is 0.854. The van der Waals surface area contributed by atoms with E-state index in [2.05, 4.69) is 28.3 Å². The van der Waals surface area contributed by atoms with Crippen molar-refractivity contribution in [3.63, 3.8) is 0 Å². The first-order chi connectivity index (χ1) is 12.8. The Labute approximate surface area is 152 Å². The molecule has 0 spiro atoms. The van der Waals surface area contributed by atoms with Crippen LogP contribution in [0.1, 0.15) is 30.1 Å². The quantitative estimate of drug-likeness (QED) is 0.676. The van der Waals surface area contributed by atoms with Crippen molar-refractivity contribution in [1.82, 2.24) is 19.5 Å². The maximum Gasteiger partial charge on any atom is 0.155 e. The number of nitrogens with zero attached hydrogens (tertiary/aromatic N) is 4. The van der Waals surface area contributed by atoms with Gasteiger partial charge in [0.25, 0.3) is 0 Å². The summed E-state index contributed by atoms with van der Waals surface area (Å²) in [6, 6.07) is 11.1. The zero-order valence-corrected chi connectivity index (χ0v) is 14.9. The maximum absolute atomic E-state index is 5.25. The minimum Gasteiger partial charge on any atom is -0.497 e. The summed E-state index contributed by atoms with van der Waals surface area (Å²) in [5, 5.41) is 4.89. The van der Waals surface area contributed by atoms with Gasteiger partial charge in [-0.1, -0.05) is 6.08 Å². The second-order valence-electron chi connectivity index (χ2n) is 7.12. The van der Waals surface area contributed by atoms with Crippen molar-refractivity contribution >= 4 is 5.65 Å². The molecule has 0 N–H and O–H groups in total. The molecule has 4 heterocycles. The molecule has 0 aliphatic carbocycles. The minimum absolute atomic E-state index is 0.451. The van der Waals surface area contributed by atoms with E-state index in [0.29, 0.717) is 12.1 Å². The molecule has 0 radical (unpaired) electrons. The van der Waals surface area contributed by atoms with Crippen LogP contribution in [-0.2, 0) is 6.42 Å². The molecule has 1 fully saturated rings. The predicted octanol–water partition coefficient (Wildman–Crippen LogP) is 3.65. The van der Waals surface area contributed by atoms with Gasteiger partial charge >= 0.3 is 0 Å². The van der Waals surface area contributed by atoms with E-state index in [4.69, 9.17) is 14.8 Å². The molecule has 0 unspecified atom stereocenters. The van der Waals surface area contributed by atoms with E-state index in [1.165, 1.54) is 24.1 Å². The first-order valence-corrected chi connectivity index (χ1v) is 9.17. The topological polar surface area (TPSA) is 42.7 Å². The largest absolute Gasteiger partial charge is 0.497 e. The van der Waals surface area contributed by atoms with Crippen LogP contribution >= 0.6 is 0 Å². The predicted molar refractivity (Wildman–Crippen MR) is 101 cm³/mol. The van der Waals surface area contributed by atoms with Gasteiger partial charge in [0.2, 0.25) is 0 Å². The number of rotatable bonds is 4. The lowest BCUT2D eigenvalue weighted by Crippen LogP contribution is -2.38. The van der Waals surface area contributed by atoms with Crippen LogP contribution in [-0.4, -0.2) is 39.2 Å². The third-order valence-electron chi connectivity index (χ3n) is 5.77. The van der Waals surface area contributed by atoms with E-state index >= 15 is 0 Å². The summed E-state index contributed by atoms with van der Waals surface area (Å²) in [5.41, 5.74) is 5.61. The fraction of sp³-hybridized carbons (Fsp3) is 0.333. The first-order valence-electron chi connectivity index (χ1n) is 9.17. The van der Waals surface area contributed by atoms with Gasteiger partial charge in [0.1, 0.15) is 5.75 Å². The molecular weight excluding hydrogens is 324 g/mol. The highest BCUT2D eigenvalue weighted by Gasteiger charge is 2.40. The molecular formula is C21H22N4O.